The van der Waals surface area contributed by atoms with E-state index >= 15 is 0 Å². The molecule has 0 aromatic carbocycles. The smallest absolute Gasteiger partial charge is 0.323 e. The number of hydrogen-bond acceptors (Lipinski definition) is 6. The standard InChI is InChI=1S/C14H25N5O/c1-4-20-14-17-12(15-2)16-13(18-14)19(3)11-9-7-5-6-8-10-11/h11H,4-10H2,1-3H3,(H,15,16,17,18). The summed E-state index contributed by atoms with van der Waals surface area (Å²) in [6.07, 6.45) is 7.68. The van der Waals surface area contributed by atoms with Crippen molar-refractivity contribution in [2.75, 3.05) is 30.9 Å². The molecule has 1 aromatic heterocycles. The van der Waals surface area contributed by atoms with Crippen LogP contribution in [0.25, 0.3) is 0 Å². The van der Waals surface area contributed by atoms with E-state index in [9.17, 15) is 0 Å². The number of rotatable bonds is 5. The fraction of sp³-hybridized carbons (Fsp3) is 0.786. The van der Waals surface area contributed by atoms with Crippen LogP contribution < -0.4 is 15.0 Å². The first-order valence-electron chi connectivity index (χ1n) is 7.54. The summed E-state index contributed by atoms with van der Waals surface area (Å²) in [6, 6.07) is 0.904. The summed E-state index contributed by atoms with van der Waals surface area (Å²) in [5.41, 5.74) is 0. The molecule has 1 fully saturated rings. The third-order valence-corrected chi connectivity index (χ3v) is 3.79. The summed E-state index contributed by atoms with van der Waals surface area (Å²) in [4.78, 5) is 15.3. The molecule has 112 valence electrons. The van der Waals surface area contributed by atoms with E-state index in [0.29, 0.717) is 30.6 Å². The third-order valence-electron chi connectivity index (χ3n) is 3.79. The molecule has 6 heteroatoms. The first-order chi connectivity index (χ1) is 9.74. The van der Waals surface area contributed by atoms with Gasteiger partial charge in [0.2, 0.25) is 11.9 Å². The van der Waals surface area contributed by atoms with E-state index in [-0.39, 0.29) is 0 Å². The normalized spacial score (nSPS) is 16.6. The molecule has 0 bridgehead atoms. The minimum atomic E-state index is 0.391. The van der Waals surface area contributed by atoms with Gasteiger partial charge >= 0.3 is 6.01 Å². The predicted molar refractivity (Wildman–Crippen MR) is 80.4 cm³/mol. The molecule has 20 heavy (non-hydrogen) atoms. The van der Waals surface area contributed by atoms with Crippen LogP contribution in [0.4, 0.5) is 11.9 Å². The zero-order valence-corrected chi connectivity index (χ0v) is 12.7. The molecule has 0 amide bonds. The van der Waals surface area contributed by atoms with Gasteiger partial charge in [0.05, 0.1) is 6.61 Å². The maximum atomic E-state index is 5.42. The Kier molecular flexibility index (Phi) is 5.38. The van der Waals surface area contributed by atoms with Crippen molar-refractivity contribution in [2.45, 2.75) is 51.5 Å². The van der Waals surface area contributed by atoms with Gasteiger partial charge in [-0.25, -0.2) is 0 Å². The van der Waals surface area contributed by atoms with E-state index in [1.807, 2.05) is 6.92 Å². The van der Waals surface area contributed by atoms with E-state index in [1.165, 1.54) is 38.5 Å². The number of anilines is 2. The molecule has 0 saturated heterocycles. The molecule has 2 rings (SSSR count). The number of aromatic nitrogens is 3. The van der Waals surface area contributed by atoms with Gasteiger partial charge in [-0.2, -0.15) is 15.0 Å². The Hall–Kier alpha value is -1.59. The highest BCUT2D eigenvalue weighted by molar-refractivity contribution is 5.38. The van der Waals surface area contributed by atoms with Crippen molar-refractivity contribution in [1.29, 1.82) is 0 Å². The van der Waals surface area contributed by atoms with E-state index in [4.69, 9.17) is 4.74 Å². The fourth-order valence-electron chi connectivity index (χ4n) is 2.62. The van der Waals surface area contributed by atoms with Crippen LogP contribution in [0.1, 0.15) is 45.4 Å². The van der Waals surface area contributed by atoms with Crippen molar-refractivity contribution in [2.24, 2.45) is 0 Å². The van der Waals surface area contributed by atoms with E-state index in [2.05, 4.69) is 32.2 Å². The zero-order valence-electron chi connectivity index (χ0n) is 12.7. The third kappa shape index (κ3) is 3.71. The number of nitrogens with one attached hydrogen (secondary N) is 1. The maximum Gasteiger partial charge on any atom is 0.323 e. The van der Waals surface area contributed by atoms with Crippen LogP contribution in [0, 0.1) is 0 Å². The topological polar surface area (TPSA) is 63.2 Å². The first kappa shape index (κ1) is 14.8. The fourth-order valence-corrected chi connectivity index (χ4v) is 2.62. The minimum absolute atomic E-state index is 0.391. The zero-order chi connectivity index (χ0) is 14.4. The summed E-state index contributed by atoms with van der Waals surface area (Å²) in [5, 5.41) is 2.97. The largest absolute Gasteiger partial charge is 0.464 e. The van der Waals surface area contributed by atoms with Crippen LogP contribution in [0.15, 0.2) is 0 Å². The quantitative estimate of drug-likeness (QED) is 0.835. The predicted octanol–water partition coefficient (Wildman–Crippen LogP) is 2.47. The van der Waals surface area contributed by atoms with Crippen LogP contribution in [0.5, 0.6) is 6.01 Å². The molecule has 6 nitrogen and oxygen atoms in total. The molecule has 0 aliphatic heterocycles. The lowest BCUT2D eigenvalue weighted by Gasteiger charge is -2.27. The molecular formula is C14H25N5O. The van der Waals surface area contributed by atoms with Crippen LogP contribution in [-0.4, -0.2) is 41.7 Å². The Balaban J connectivity index is 2.18. The van der Waals surface area contributed by atoms with Crippen molar-refractivity contribution >= 4 is 11.9 Å². The van der Waals surface area contributed by atoms with Gasteiger partial charge < -0.3 is 15.0 Å². The van der Waals surface area contributed by atoms with Gasteiger partial charge in [0.15, 0.2) is 0 Å². The molecule has 0 unspecified atom stereocenters. The highest BCUT2D eigenvalue weighted by Crippen LogP contribution is 2.24. The first-order valence-corrected chi connectivity index (χ1v) is 7.54. The number of hydrogen-bond donors (Lipinski definition) is 1. The molecule has 1 aliphatic rings. The van der Waals surface area contributed by atoms with E-state index in [1.54, 1.807) is 7.05 Å². The average molecular weight is 279 g/mol. The van der Waals surface area contributed by atoms with Crippen LogP contribution >= 0.6 is 0 Å². The van der Waals surface area contributed by atoms with Crippen molar-refractivity contribution in [3.63, 3.8) is 0 Å². The summed E-state index contributed by atoms with van der Waals surface area (Å²) >= 11 is 0. The average Bonchev–Trinajstić information content (AvgIpc) is 2.75. The second-order valence-corrected chi connectivity index (χ2v) is 5.18. The number of ether oxygens (including phenoxy) is 1. The van der Waals surface area contributed by atoms with Gasteiger partial charge in [0.25, 0.3) is 0 Å². The van der Waals surface area contributed by atoms with Crippen molar-refractivity contribution in [3.05, 3.63) is 0 Å². The van der Waals surface area contributed by atoms with Gasteiger partial charge in [-0.05, 0) is 19.8 Å². The Morgan fingerprint density at radius 1 is 1.15 bits per heavy atom. The van der Waals surface area contributed by atoms with Gasteiger partial charge in [0.1, 0.15) is 0 Å². The lowest BCUT2D eigenvalue weighted by Crippen LogP contribution is -2.32. The molecule has 1 heterocycles. The SMILES string of the molecule is CCOc1nc(NC)nc(N(C)C2CCCCCC2)n1. The van der Waals surface area contributed by atoms with Crippen LogP contribution in [0.3, 0.4) is 0 Å². The van der Waals surface area contributed by atoms with Gasteiger partial charge in [0, 0.05) is 20.1 Å². The molecule has 0 radical (unpaired) electrons. The molecule has 1 saturated carbocycles. The molecule has 1 aliphatic carbocycles. The minimum Gasteiger partial charge on any atom is -0.464 e. The molecular weight excluding hydrogens is 254 g/mol. The summed E-state index contributed by atoms with van der Waals surface area (Å²) in [6.45, 7) is 2.48. The van der Waals surface area contributed by atoms with E-state index in [0.717, 1.165) is 0 Å². The highest BCUT2D eigenvalue weighted by Gasteiger charge is 2.20. The molecule has 0 spiro atoms. The van der Waals surface area contributed by atoms with Crippen molar-refractivity contribution in [1.82, 2.24) is 15.0 Å². The molecule has 1 N–H and O–H groups in total. The van der Waals surface area contributed by atoms with E-state index < -0.39 is 0 Å². The summed E-state index contributed by atoms with van der Waals surface area (Å²) in [7, 11) is 3.88. The molecule has 0 atom stereocenters. The van der Waals surface area contributed by atoms with Crippen molar-refractivity contribution < 1.29 is 4.74 Å². The van der Waals surface area contributed by atoms with Gasteiger partial charge in [-0.3, -0.25) is 0 Å². The number of nitrogens with zero attached hydrogens (tertiary/aromatic N) is 4. The highest BCUT2D eigenvalue weighted by atomic mass is 16.5. The Labute approximate surface area is 121 Å². The van der Waals surface area contributed by atoms with Crippen LogP contribution in [0.2, 0.25) is 0 Å². The second-order valence-electron chi connectivity index (χ2n) is 5.18. The lowest BCUT2D eigenvalue weighted by atomic mass is 10.1. The monoisotopic (exact) mass is 279 g/mol. The van der Waals surface area contributed by atoms with Gasteiger partial charge in [-0.1, -0.05) is 25.7 Å². The van der Waals surface area contributed by atoms with Gasteiger partial charge in [-0.15, -0.1) is 0 Å². The maximum absolute atomic E-state index is 5.42. The molecule has 1 aromatic rings. The van der Waals surface area contributed by atoms with Crippen molar-refractivity contribution in [3.8, 4) is 6.01 Å². The van der Waals surface area contributed by atoms with Crippen LogP contribution in [-0.2, 0) is 0 Å². The Bertz CT molecular complexity index is 418. The summed E-state index contributed by atoms with van der Waals surface area (Å²) in [5.74, 6) is 1.25. The second kappa shape index (κ2) is 7.26. The Morgan fingerprint density at radius 2 is 1.85 bits per heavy atom. The Morgan fingerprint density at radius 3 is 2.45 bits per heavy atom. The summed E-state index contributed by atoms with van der Waals surface area (Å²) < 4.78 is 5.42. The lowest BCUT2D eigenvalue weighted by molar-refractivity contribution is 0.311.